The van der Waals surface area contributed by atoms with Crippen LogP contribution < -0.4 is 5.73 Å². The normalized spacial score (nSPS) is 13.4. The lowest BCUT2D eigenvalue weighted by Gasteiger charge is -2.02. The van der Waals surface area contributed by atoms with Crippen LogP contribution in [0.5, 0.6) is 0 Å². The van der Waals surface area contributed by atoms with Gasteiger partial charge in [-0.1, -0.05) is 0 Å². The molecule has 0 radical (unpaired) electrons. The molecule has 2 atom stereocenters. The average molecular weight is 288 g/mol. The van der Waals surface area contributed by atoms with Crippen LogP contribution in [0.1, 0.15) is 13.3 Å². The lowest BCUT2D eigenvalue weighted by atomic mass is 10.2. The first-order chi connectivity index (χ1) is 6.27. The van der Waals surface area contributed by atoms with Gasteiger partial charge in [0, 0.05) is 29.7 Å². The van der Waals surface area contributed by atoms with Crippen molar-refractivity contribution < 1.29 is 18.9 Å². The number of halogens is 1. The third kappa shape index (κ3) is 17.7. The van der Waals surface area contributed by atoms with Crippen molar-refractivity contribution in [3.05, 3.63) is 0 Å². The molecule has 14 heavy (non-hydrogen) atoms. The minimum Gasteiger partial charge on any atom is -0.480 e. The SMILES string of the molecule is CC(=O)Br.CS(=O)CCC(N)C(=O)O. The Morgan fingerprint density at radius 2 is 1.93 bits per heavy atom. The van der Waals surface area contributed by atoms with Crippen molar-refractivity contribution >= 4 is 37.4 Å². The molecule has 0 aromatic heterocycles. The van der Waals surface area contributed by atoms with Crippen molar-refractivity contribution in [2.45, 2.75) is 19.4 Å². The van der Waals surface area contributed by atoms with E-state index >= 15 is 0 Å². The lowest BCUT2D eigenvalue weighted by molar-refractivity contribution is -0.138. The van der Waals surface area contributed by atoms with E-state index in [4.69, 9.17) is 10.8 Å². The van der Waals surface area contributed by atoms with E-state index in [2.05, 4.69) is 15.9 Å². The van der Waals surface area contributed by atoms with Crippen molar-refractivity contribution in [1.29, 1.82) is 0 Å². The number of hydrogen-bond donors (Lipinski definition) is 2. The van der Waals surface area contributed by atoms with Gasteiger partial charge in [0.15, 0.2) is 4.69 Å². The molecule has 3 N–H and O–H groups in total. The summed E-state index contributed by atoms with van der Waals surface area (Å²) in [5.74, 6) is -0.682. The average Bonchev–Trinajstić information content (AvgIpc) is 1.98. The molecular formula is C7H14BrNO4S. The van der Waals surface area contributed by atoms with Crippen LogP contribution in [0.3, 0.4) is 0 Å². The van der Waals surface area contributed by atoms with Gasteiger partial charge in [0.05, 0.1) is 0 Å². The molecule has 0 spiro atoms. The Bertz CT molecular complexity index is 218. The summed E-state index contributed by atoms with van der Waals surface area (Å²) in [5.41, 5.74) is 5.13. The van der Waals surface area contributed by atoms with Crippen LogP contribution in [-0.2, 0) is 20.4 Å². The van der Waals surface area contributed by atoms with Crippen LogP contribution in [0.2, 0.25) is 0 Å². The maximum atomic E-state index is 10.4. The third-order valence-corrected chi connectivity index (χ3v) is 1.84. The van der Waals surface area contributed by atoms with Gasteiger partial charge in [0.1, 0.15) is 6.04 Å². The van der Waals surface area contributed by atoms with Crippen molar-refractivity contribution in [3.8, 4) is 0 Å². The number of carboxylic acid groups (broad SMARTS) is 1. The smallest absolute Gasteiger partial charge is 0.320 e. The van der Waals surface area contributed by atoms with Crippen molar-refractivity contribution in [1.82, 2.24) is 0 Å². The molecule has 0 aliphatic heterocycles. The Morgan fingerprint density at radius 1 is 1.57 bits per heavy atom. The molecule has 5 nitrogen and oxygen atoms in total. The minimum absolute atomic E-state index is 0.0208. The van der Waals surface area contributed by atoms with Gasteiger partial charge in [0.2, 0.25) is 0 Å². The standard InChI is InChI=1S/C5H11NO3S.C2H3BrO/c1-10(9)3-2-4(6)5(7)8;1-2(3)4/h4H,2-3,6H2,1H3,(H,7,8);1H3. The number of nitrogens with two attached hydrogens (primary N) is 1. The number of hydrogen-bond acceptors (Lipinski definition) is 4. The molecule has 0 bridgehead atoms. The summed E-state index contributed by atoms with van der Waals surface area (Å²) in [6, 6.07) is -0.871. The second-order valence-corrected chi connectivity index (χ2v) is 5.15. The molecule has 0 saturated carbocycles. The Morgan fingerprint density at radius 3 is 2.14 bits per heavy atom. The maximum Gasteiger partial charge on any atom is 0.320 e. The molecule has 0 aliphatic rings. The van der Waals surface area contributed by atoms with Gasteiger partial charge in [-0.15, -0.1) is 0 Å². The Labute approximate surface area is 93.6 Å². The summed E-state index contributed by atoms with van der Waals surface area (Å²) in [7, 11) is -0.946. The van der Waals surface area contributed by atoms with Gasteiger partial charge in [-0.2, -0.15) is 0 Å². The van der Waals surface area contributed by atoms with Crippen LogP contribution in [0, 0.1) is 0 Å². The predicted molar refractivity (Wildman–Crippen MR) is 58.8 cm³/mol. The minimum atomic E-state index is -1.04. The van der Waals surface area contributed by atoms with Gasteiger partial charge in [-0.05, 0) is 22.4 Å². The molecule has 7 heteroatoms. The first-order valence-corrected chi connectivity index (χ1v) is 6.23. The molecule has 84 valence electrons. The zero-order chi connectivity index (χ0) is 11.7. The Balaban J connectivity index is 0. The second-order valence-electron chi connectivity index (χ2n) is 2.48. The number of aliphatic carboxylic acids is 1. The van der Waals surface area contributed by atoms with Gasteiger partial charge < -0.3 is 10.8 Å². The van der Waals surface area contributed by atoms with E-state index in [1.165, 1.54) is 13.2 Å². The molecule has 0 aromatic carbocycles. The molecule has 0 aliphatic carbocycles. The predicted octanol–water partition coefficient (Wildman–Crippen LogP) is 0.0947. The van der Waals surface area contributed by atoms with Gasteiger partial charge >= 0.3 is 5.97 Å². The van der Waals surface area contributed by atoms with Crippen molar-refractivity contribution in [2.24, 2.45) is 5.73 Å². The summed E-state index contributed by atoms with van der Waals surface area (Å²) in [5, 5.41) is 8.27. The van der Waals surface area contributed by atoms with Crippen LogP contribution in [0.25, 0.3) is 0 Å². The molecule has 0 fully saturated rings. The fraction of sp³-hybridized carbons (Fsp3) is 0.714. The van der Waals surface area contributed by atoms with E-state index in [9.17, 15) is 13.8 Å². The zero-order valence-corrected chi connectivity index (χ0v) is 10.4. The quantitative estimate of drug-likeness (QED) is 0.715. The highest BCUT2D eigenvalue weighted by molar-refractivity contribution is 9.18. The molecular weight excluding hydrogens is 274 g/mol. The second kappa shape index (κ2) is 9.29. The molecule has 0 amide bonds. The fourth-order valence-corrected chi connectivity index (χ4v) is 1.00. The van der Waals surface area contributed by atoms with E-state index in [0.717, 1.165) is 0 Å². The first kappa shape index (κ1) is 16.2. The summed E-state index contributed by atoms with van der Waals surface area (Å²) in [6.45, 7) is 1.44. The number of carbonyl (C=O) groups is 2. The van der Waals surface area contributed by atoms with Gasteiger partial charge in [-0.25, -0.2) is 0 Å². The van der Waals surface area contributed by atoms with Crippen LogP contribution in [0.15, 0.2) is 0 Å². The summed E-state index contributed by atoms with van der Waals surface area (Å²) < 4.78 is 10.4. The van der Waals surface area contributed by atoms with E-state index in [0.29, 0.717) is 5.75 Å². The summed E-state index contributed by atoms with van der Waals surface area (Å²) >= 11 is 2.63. The lowest BCUT2D eigenvalue weighted by Crippen LogP contribution is -2.31. The zero-order valence-electron chi connectivity index (χ0n) is 8.03. The molecule has 0 rings (SSSR count). The number of rotatable bonds is 4. The van der Waals surface area contributed by atoms with Gasteiger partial charge in [0.25, 0.3) is 0 Å². The van der Waals surface area contributed by atoms with Crippen LogP contribution in [0.4, 0.5) is 0 Å². The van der Waals surface area contributed by atoms with Crippen LogP contribution >= 0.6 is 15.9 Å². The topological polar surface area (TPSA) is 97.5 Å². The monoisotopic (exact) mass is 287 g/mol. The molecule has 0 saturated heterocycles. The van der Waals surface area contributed by atoms with Crippen molar-refractivity contribution in [2.75, 3.05) is 12.0 Å². The molecule has 2 unspecified atom stereocenters. The highest BCUT2D eigenvalue weighted by Gasteiger charge is 2.10. The Kier molecular flexibility index (Phi) is 10.7. The number of carbonyl (C=O) groups excluding carboxylic acids is 1. The summed E-state index contributed by atoms with van der Waals surface area (Å²) in [4.78, 5) is 19.4. The van der Waals surface area contributed by atoms with E-state index in [1.807, 2.05) is 0 Å². The highest BCUT2D eigenvalue weighted by Crippen LogP contribution is 1.89. The maximum absolute atomic E-state index is 10.4. The fourth-order valence-electron chi connectivity index (χ4n) is 0.416. The summed E-state index contributed by atoms with van der Waals surface area (Å²) in [6.07, 6.45) is 1.80. The van der Waals surface area contributed by atoms with E-state index in [1.54, 1.807) is 0 Å². The molecule has 0 heterocycles. The van der Waals surface area contributed by atoms with Crippen molar-refractivity contribution in [3.63, 3.8) is 0 Å². The molecule has 0 aromatic rings. The van der Waals surface area contributed by atoms with Crippen LogP contribution in [-0.4, -0.2) is 38.0 Å². The first-order valence-electron chi connectivity index (χ1n) is 3.71. The number of carboxylic acids is 1. The van der Waals surface area contributed by atoms with Gasteiger partial charge in [-0.3, -0.25) is 13.8 Å². The third-order valence-electron chi connectivity index (χ3n) is 1.03. The Hall–Kier alpha value is -0.270. The largest absolute Gasteiger partial charge is 0.480 e. The van der Waals surface area contributed by atoms with E-state index < -0.39 is 22.8 Å². The highest BCUT2D eigenvalue weighted by atomic mass is 79.9. The van der Waals surface area contributed by atoms with E-state index in [-0.39, 0.29) is 11.1 Å².